The number of likely N-dealkylation sites (tertiary alicyclic amines) is 1. The number of H-pyrrole nitrogens is 1. The fourth-order valence-corrected chi connectivity index (χ4v) is 5.09. The van der Waals surface area contributed by atoms with Crippen LogP contribution in [0.5, 0.6) is 0 Å². The second-order valence-electron chi connectivity index (χ2n) is 8.75. The lowest BCUT2D eigenvalue weighted by atomic mass is 9.68. The fourth-order valence-electron chi connectivity index (χ4n) is 4.96. The molecule has 2 heterocycles. The second-order valence-corrected chi connectivity index (χ2v) is 9.19. The molecule has 0 unspecified atom stereocenters. The largest absolute Gasteiger partial charge is 0.345 e. The molecule has 1 aromatic heterocycles. The molecule has 1 aliphatic rings. The summed E-state index contributed by atoms with van der Waals surface area (Å²) in [5, 5.41) is 0.765. The Morgan fingerprint density at radius 1 is 0.812 bits per heavy atom. The van der Waals surface area contributed by atoms with Crippen molar-refractivity contribution in [2.45, 2.75) is 31.2 Å². The Kier molecular flexibility index (Phi) is 6.11. The maximum absolute atomic E-state index is 6.00. The Bertz CT molecular complexity index is 1090. The predicted molar refractivity (Wildman–Crippen MR) is 131 cm³/mol. The van der Waals surface area contributed by atoms with Crippen LogP contribution in [0.15, 0.2) is 91.1 Å². The predicted octanol–water partition coefficient (Wildman–Crippen LogP) is 6.24. The van der Waals surface area contributed by atoms with Crippen LogP contribution < -0.4 is 0 Å². The lowest BCUT2D eigenvalue weighted by Gasteiger charge is -2.42. The van der Waals surface area contributed by atoms with Crippen LogP contribution in [0.3, 0.4) is 0 Å². The van der Waals surface area contributed by atoms with Gasteiger partial charge in [-0.25, -0.2) is 4.98 Å². The monoisotopic (exact) mass is 441 g/mol. The molecule has 4 heteroatoms. The van der Waals surface area contributed by atoms with Gasteiger partial charge in [-0.1, -0.05) is 84.4 Å². The van der Waals surface area contributed by atoms with Crippen molar-refractivity contribution in [3.63, 3.8) is 0 Å². The first kappa shape index (κ1) is 21.0. The van der Waals surface area contributed by atoms with Crippen LogP contribution in [0.4, 0.5) is 0 Å². The molecule has 0 bridgehead atoms. The van der Waals surface area contributed by atoms with Crippen LogP contribution in [0, 0.1) is 0 Å². The van der Waals surface area contributed by atoms with Crippen molar-refractivity contribution in [1.82, 2.24) is 14.9 Å². The van der Waals surface area contributed by atoms with Crippen LogP contribution >= 0.6 is 11.6 Å². The van der Waals surface area contributed by atoms with Crippen LogP contribution in [0.1, 0.15) is 41.1 Å². The molecule has 0 aliphatic carbocycles. The maximum Gasteiger partial charge on any atom is 0.110 e. The average molecular weight is 442 g/mol. The van der Waals surface area contributed by atoms with Crippen molar-refractivity contribution in [1.29, 1.82) is 0 Å². The van der Waals surface area contributed by atoms with Crippen molar-refractivity contribution in [3.05, 3.63) is 124 Å². The number of hydrogen-bond acceptors (Lipinski definition) is 2. The third-order valence-electron chi connectivity index (χ3n) is 6.72. The molecule has 1 fully saturated rings. The molecule has 1 saturated heterocycles. The molecular weight excluding hydrogens is 414 g/mol. The van der Waals surface area contributed by atoms with E-state index in [1.54, 1.807) is 0 Å². The molecule has 3 aromatic carbocycles. The van der Waals surface area contributed by atoms with Crippen molar-refractivity contribution in [2.75, 3.05) is 13.1 Å². The van der Waals surface area contributed by atoms with Gasteiger partial charge in [0.25, 0.3) is 0 Å². The number of nitrogens with one attached hydrogen (secondary N) is 1. The van der Waals surface area contributed by atoms with Crippen LogP contribution in [-0.2, 0) is 18.4 Å². The molecule has 5 rings (SSSR count). The Labute approximate surface area is 195 Å². The summed E-state index contributed by atoms with van der Waals surface area (Å²) in [6.45, 7) is 3.04. The van der Waals surface area contributed by atoms with E-state index in [0.29, 0.717) is 0 Å². The van der Waals surface area contributed by atoms with E-state index in [2.05, 4.69) is 87.7 Å². The van der Waals surface area contributed by atoms with Gasteiger partial charge < -0.3 is 4.98 Å². The summed E-state index contributed by atoms with van der Waals surface area (Å²) in [6.07, 6.45) is 5.02. The highest BCUT2D eigenvalue weighted by Crippen LogP contribution is 2.41. The van der Waals surface area contributed by atoms with Crippen molar-refractivity contribution in [2.24, 2.45) is 0 Å². The topological polar surface area (TPSA) is 31.9 Å². The van der Waals surface area contributed by atoms with Gasteiger partial charge in [0.15, 0.2) is 0 Å². The minimum Gasteiger partial charge on any atom is -0.345 e. The standard InChI is InChI=1S/C28H28ClN3/c29-25-13-11-22(12-14-25)19-27-30-20-26(31-27)21-32-17-15-28(16-18-32,23-7-3-1-4-8-23)24-9-5-2-6-10-24/h1-14,20H,15-19,21H2,(H,30,31). The molecule has 0 spiro atoms. The zero-order chi connectivity index (χ0) is 21.8. The highest BCUT2D eigenvalue weighted by atomic mass is 35.5. The number of nitrogens with zero attached hydrogens (tertiary/aromatic N) is 2. The van der Waals surface area contributed by atoms with E-state index in [9.17, 15) is 0 Å². The molecule has 162 valence electrons. The van der Waals surface area contributed by atoms with Gasteiger partial charge in [-0.15, -0.1) is 0 Å². The Hall–Kier alpha value is -2.88. The van der Waals surface area contributed by atoms with Crippen LogP contribution in [-0.4, -0.2) is 28.0 Å². The Morgan fingerprint density at radius 3 is 2.00 bits per heavy atom. The van der Waals surface area contributed by atoms with Crippen molar-refractivity contribution >= 4 is 11.6 Å². The summed E-state index contributed by atoms with van der Waals surface area (Å²) >= 11 is 6.00. The number of hydrogen-bond donors (Lipinski definition) is 1. The molecule has 0 saturated carbocycles. The van der Waals surface area contributed by atoms with Gasteiger partial charge in [0.1, 0.15) is 5.82 Å². The number of aromatic nitrogens is 2. The third kappa shape index (κ3) is 4.50. The SMILES string of the molecule is Clc1ccc(Cc2ncc(CN3CCC(c4ccccc4)(c4ccccc4)CC3)[nH]2)cc1. The summed E-state index contributed by atoms with van der Waals surface area (Å²) in [7, 11) is 0. The van der Waals surface area contributed by atoms with Gasteiger partial charge >= 0.3 is 0 Å². The van der Waals surface area contributed by atoms with Crippen molar-refractivity contribution in [3.8, 4) is 0 Å². The quantitative estimate of drug-likeness (QED) is 0.384. The van der Waals surface area contributed by atoms with E-state index < -0.39 is 0 Å². The highest BCUT2D eigenvalue weighted by Gasteiger charge is 2.37. The van der Waals surface area contributed by atoms with E-state index in [1.165, 1.54) is 22.4 Å². The summed E-state index contributed by atoms with van der Waals surface area (Å²) in [5.74, 6) is 1.00. The first-order valence-electron chi connectivity index (χ1n) is 11.3. The molecule has 3 nitrogen and oxygen atoms in total. The Balaban J connectivity index is 1.27. The van der Waals surface area contributed by atoms with Gasteiger partial charge in [0.2, 0.25) is 0 Å². The number of benzene rings is 3. The molecular formula is C28H28ClN3. The van der Waals surface area contributed by atoms with Gasteiger partial charge in [-0.3, -0.25) is 4.90 Å². The first-order chi connectivity index (χ1) is 15.7. The van der Waals surface area contributed by atoms with Gasteiger partial charge in [-0.2, -0.15) is 0 Å². The van der Waals surface area contributed by atoms with Crippen LogP contribution in [0.2, 0.25) is 5.02 Å². The Morgan fingerprint density at radius 2 is 1.41 bits per heavy atom. The van der Waals surface area contributed by atoms with E-state index in [4.69, 9.17) is 11.6 Å². The molecule has 1 N–H and O–H groups in total. The molecule has 0 amide bonds. The number of piperidine rings is 1. The maximum atomic E-state index is 6.00. The van der Waals surface area contributed by atoms with Crippen molar-refractivity contribution < 1.29 is 0 Å². The molecule has 0 atom stereocenters. The summed E-state index contributed by atoms with van der Waals surface area (Å²) < 4.78 is 0. The number of imidazole rings is 1. The van der Waals surface area contributed by atoms with Gasteiger partial charge in [0, 0.05) is 35.3 Å². The molecule has 0 radical (unpaired) electrons. The average Bonchev–Trinajstić information content (AvgIpc) is 3.29. The minimum atomic E-state index is 0.0900. The zero-order valence-electron chi connectivity index (χ0n) is 18.2. The summed E-state index contributed by atoms with van der Waals surface area (Å²) in [6, 6.07) is 30.0. The third-order valence-corrected chi connectivity index (χ3v) is 6.97. The van der Waals surface area contributed by atoms with Gasteiger partial charge in [0.05, 0.1) is 0 Å². The van der Waals surface area contributed by atoms with Crippen LogP contribution in [0.25, 0.3) is 0 Å². The second kappa shape index (κ2) is 9.32. The van der Waals surface area contributed by atoms with E-state index in [1.807, 2.05) is 18.3 Å². The number of aromatic amines is 1. The van der Waals surface area contributed by atoms with Gasteiger partial charge in [-0.05, 0) is 54.8 Å². The zero-order valence-corrected chi connectivity index (χ0v) is 18.9. The number of halogens is 1. The number of rotatable bonds is 6. The van der Waals surface area contributed by atoms with E-state index in [0.717, 1.165) is 49.7 Å². The molecule has 32 heavy (non-hydrogen) atoms. The molecule has 1 aliphatic heterocycles. The normalized spacial score (nSPS) is 16.2. The van der Waals surface area contributed by atoms with E-state index in [-0.39, 0.29) is 5.41 Å². The lowest BCUT2D eigenvalue weighted by Crippen LogP contribution is -2.43. The first-order valence-corrected chi connectivity index (χ1v) is 11.7. The van der Waals surface area contributed by atoms with E-state index >= 15 is 0 Å². The fraction of sp³-hybridized carbons (Fsp3) is 0.250. The highest BCUT2D eigenvalue weighted by molar-refractivity contribution is 6.30. The summed E-state index contributed by atoms with van der Waals surface area (Å²) in [4.78, 5) is 10.7. The molecule has 4 aromatic rings. The smallest absolute Gasteiger partial charge is 0.110 e. The minimum absolute atomic E-state index is 0.0900. The summed E-state index contributed by atoms with van der Waals surface area (Å²) in [5.41, 5.74) is 5.34. The lowest BCUT2D eigenvalue weighted by molar-refractivity contribution is 0.170.